The third-order valence-electron chi connectivity index (χ3n) is 8.85. The van der Waals surface area contributed by atoms with E-state index in [0.29, 0.717) is 29.5 Å². The summed E-state index contributed by atoms with van der Waals surface area (Å²) in [6.45, 7) is 7.67. The SMILES string of the molecule is CCCCCNC(=O)OC1CCC2C3C(C)CC4=CC(=O)CCC4C3CCC12C. The van der Waals surface area contributed by atoms with E-state index in [9.17, 15) is 9.59 Å². The summed E-state index contributed by atoms with van der Waals surface area (Å²) in [5.41, 5.74) is 1.55. The highest BCUT2D eigenvalue weighted by atomic mass is 16.6. The van der Waals surface area contributed by atoms with Gasteiger partial charge in [0.15, 0.2) is 5.78 Å². The minimum absolute atomic E-state index is 0.0525. The van der Waals surface area contributed by atoms with Crippen LogP contribution in [0, 0.1) is 35.0 Å². The molecule has 0 bridgehead atoms. The molecule has 4 aliphatic carbocycles. The molecule has 29 heavy (non-hydrogen) atoms. The second-order valence-electron chi connectivity index (χ2n) is 10.5. The van der Waals surface area contributed by atoms with Crippen LogP contribution in [0.4, 0.5) is 4.79 Å². The molecule has 4 rings (SSSR count). The fourth-order valence-corrected chi connectivity index (χ4v) is 7.47. The Morgan fingerprint density at radius 1 is 1.24 bits per heavy atom. The zero-order chi connectivity index (χ0) is 20.6. The molecule has 0 aromatic heterocycles. The maximum absolute atomic E-state index is 12.4. The van der Waals surface area contributed by atoms with Gasteiger partial charge in [0, 0.05) is 18.4 Å². The molecule has 4 aliphatic rings. The molecule has 0 spiro atoms. The molecule has 4 heteroatoms. The van der Waals surface area contributed by atoms with Crippen LogP contribution in [-0.2, 0) is 9.53 Å². The largest absolute Gasteiger partial charge is 0.446 e. The average Bonchev–Trinajstić information content (AvgIpc) is 3.01. The number of nitrogens with one attached hydrogen (secondary N) is 1. The van der Waals surface area contributed by atoms with E-state index in [4.69, 9.17) is 4.74 Å². The first-order valence-electron chi connectivity index (χ1n) is 12.1. The Labute approximate surface area is 176 Å². The smallest absolute Gasteiger partial charge is 0.407 e. The van der Waals surface area contributed by atoms with Gasteiger partial charge in [0.05, 0.1) is 0 Å². The number of carbonyl (C=O) groups is 2. The summed E-state index contributed by atoms with van der Waals surface area (Å²) in [6.07, 6.45) is 12.6. The predicted octanol–water partition coefficient (Wildman–Crippen LogP) is 5.66. The van der Waals surface area contributed by atoms with Crippen molar-refractivity contribution in [2.45, 2.75) is 91.1 Å². The van der Waals surface area contributed by atoms with Gasteiger partial charge < -0.3 is 10.1 Å². The standard InChI is InChI=1S/C25H39NO3/c1-4-5-6-13-26-24(28)29-22-10-9-21-23-16(2)14-17-15-18(27)7-8-19(17)20(23)11-12-25(21,22)3/h15-16,19-23H,4-14H2,1-3H3,(H,26,28). The first kappa shape index (κ1) is 20.9. The Balaban J connectivity index is 1.43. The van der Waals surface area contributed by atoms with Gasteiger partial charge in [-0.3, -0.25) is 4.79 Å². The monoisotopic (exact) mass is 401 g/mol. The number of rotatable bonds is 5. The second-order valence-corrected chi connectivity index (χ2v) is 10.5. The molecule has 1 amide bonds. The summed E-state index contributed by atoms with van der Waals surface area (Å²) in [6, 6.07) is 0. The van der Waals surface area contributed by atoms with Crippen LogP contribution < -0.4 is 5.32 Å². The highest BCUT2D eigenvalue weighted by molar-refractivity contribution is 5.91. The third kappa shape index (κ3) is 3.88. The predicted molar refractivity (Wildman–Crippen MR) is 114 cm³/mol. The van der Waals surface area contributed by atoms with Crippen molar-refractivity contribution >= 4 is 11.9 Å². The number of amides is 1. The highest BCUT2D eigenvalue weighted by Gasteiger charge is 2.59. The average molecular weight is 402 g/mol. The number of hydrogen-bond donors (Lipinski definition) is 1. The second kappa shape index (κ2) is 8.43. The summed E-state index contributed by atoms with van der Waals surface area (Å²) in [7, 11) is 0. The first-order valence-corrected chi connectivity index (χ1v) is 12.1. The Kier molecular flexibility index (Phi) is 6.09. The first-order chi connectivity index (χ1) is 13.9. The number of ether oxygens (including phenoxy) is 1. The molecule has 0 aliphatic heterocycles. The van der Waals surface area contributed by atoms with E-state index in [0.717, 1.165) is 63.8 Å². The highest BCUT2D eigenvalue weighted by Crippen LogP contribution is 2.63. The van der Waals surface area contributed by atoms with E-state index >= 15 is 0 Å². The van der Waals surface area contributed by atoms with Crippen molar-refractivity contribution in [2.24, 2.45) is 35.0 Å². The number of allylic oxidation sites excluding steroid dienone is 1. The summed E-state index contributed by atoms with van der Waals surface area (Å²) in [5.74, 6) is 3.66. The summed E-state index contributed by atoms with van der Waals surface area (Å²) >= 11 is 0. The maximum atomic E-state index is 12.4. The van der Waals surface area contributed by atoms with Crippen molar-refractivity contribution in [3.63, 3.8) is 0 Å². The van der Waals surface area contributed by atoms with Gasteiger partial charge in [-0.25, -0.2) is 4.79 Å². The molecule has 4 nitrogen and oxygen atoms in total. The summed E-state index contributed by atoms with van der Waals surface area (Å²) < 4.78 is 5.99. The van der Waals surface area contributed by atoms with Gasteiger partial charge in [0.1, 0.15) is 6.10 Å². The van der Waals surface area contributed by atoms with E-state index < -0.39 is 0 Å². The van der Waals surface area contributed by atoms with Crippen molar-refractivity contribution in [3.8, 4) is 0 Å². The van der Waals surface area contributed by atoms with Crippen molar-refractivity contribution in [1.29, 1.82) is 0 Å². The molecular formula is C25H39NO3. The van der Waals surface area contributed by atoms with Crippen LogP contribution in [0.15, 0.2) is 11.6 Å². The normalized spacial score (nSPS) is 41.1. The lowest BCUT2D eigenvalue weighted by Gasteiger charge is -2.55. The van der Waals surface area contributed by atoms with Crippen molar-refractivity contribution < 1.29 is 14.3 Å². The number of hydrogen-bond acceptors (Lipinski definition) is 3. The van der Waals surface area contributed by atoms with Gasteiger partial charge in [-0.2, -0.15) is 0 Å². The van der Waals surface area contributed by atoms with Gasteiger partial charge >= 0.3 is 6.09 Å². The summed E-state index contributed by atoms with van der Waals surface area (Å²) in [4.78, 5) is 24.3. The molecule has 3 fully saturated rings. The lowest BCUT2D eigenvalue weighted by molar-refractivity contribution is -0.116. The molecule has 162 valence electrons. The van der Waals surface area contributed by atoms with Crippen molar-refractivity contribution in [2.75, 3.05) is 6.54 Å². The Hall–Kier alpha value is -1.32. The zero-order valence-corrected chi connectivity index (χ0v) is 18.5. The van der Waals surface area contributed by atoms with Crippen LogP contribution in [0.25, 0.3) is 0 Å². The third-order valence-corrected chi connectivity index (χ3v) is 8.85. The molecule has 0 aromatic carbocycles. The minimum Gasteiger partial charge on any atom is -0.446 e. The number of alkyl carbamates (subject to hydrolysis) is 1. The van der Waals surface area contributed by atoms with Gasteiger partial charge in [0.25, 0.3) is 0 Å². The maximum Gasteiger partial charge on any atom is 0.407 e. The topological polar surface area (TPSA) is 55.4 Å². The fraction of sp³-hybridized carbons (Fsp3) is 0.840. The zero-order valence-electron chi connectivity index (χ0n) is 18.5. The van der Waals surface area contributed by atoms with E-state index in [1.807, 2.05) is 6.08 Å². The van der Waals surface area contributed by atoms with Crippen LogP contribution in [-0.4, -0.2) is 24.5 Å². The van der Waals surface area contributed by atoms with E-state index in [-0.39, 0.29) is 17.6 Å². The van der Waals surface area contributed by atoms with Crippen LogP contribution in [0.1, 0.15) is 85.0 Å². The van der Waals surface area contributed by atoms with Gasteiger partial charge in [0.2, 0.25) is 0 Å². The van der Waals surface area contributed by atoms with E-state index in [1.54, 1.807) is 0 Å². The van der Waals surface area contributed by atoms with Gasteiger partial charge in [-0.05, 0) is 80.6 Å². The summed E-state index contributed by atoms with van der Waals surface area (Å²) in [5, 5.41) is 2.96. The lowest BCUT2D eigenvalue weighted by atomic mass is 9.49. The van der Waals surface area contributed by atoms with Crippen LogP contribution >= 0.6 is 0 Å². The fourth-order valence-electron chi connectivity index (χ4n) is 7.47. The Bertz CT molecular complexity index is 671. The number of fused-ring (bicyclic) bond motifs is 5. The van der Waals surface area contributed by atoms with Crippen molar-refractivity contribution in [3.05, 3.63) is 11.6 Å². The molecule has 0 aromatic rings. The van der Waals surface area contributed by atoms with E-state index in [2.05, 4.69) is 26.1 Å². The molecule has 7 atom stereocenters. The van der Waals surface area contributed by atoms with Crippen LogP contribution in [0.2, 0.25) is 0 Å². The van der Waals surface area contributed by atoms with E-state index in [1.165, 1.54) is 18.4 Å². The lowest BCUT2D eigenvalue weighted by Crippen LogP contribution is -2.51. The molecule has 0 radical (unpaired) electrons. The molecule has 7 unspecified atom stereocenters. The Morgan fingerprint density at radius 3 is 2.86 bits per heavy atom. The molecular weight excluding hydrogens is 362 g/mol. The van der Waals surface area contributed by atoms with Crippen LogP contribution in [0.5, 0.6) is 0 Å². The minimum atomic E-state index is -0.220. The Morgan fingerprint density at radius 2 is 2.07 bits per heavy atom. The molecule has 0 heterocycles. The molecule has 3 saturated carbocycles. The quantitative estimate of drug-likeness (QED) is 0.605. The van der Waals surface area contributed by atoms with Gasteiger partial charge in [-0.1, -0.05) is 39.2 Å². The molecule has 0 saturated heterocycles. The number of carbonyl (C=O) groups excluding carboxylic acids is 2. The number of ketones is 1. The van der Waals surface area contributed by atoms with Crippen LogP contribution in [0.3, 0.4) is 0 Å². The van der Waals surface area contributed by atoms with Crippen molar-refractivity contribution in [1.82, 2.24) is 5.32 Å². The van der Waals surface area contributed by atoms with Gasteiger partial charge in [-0.15, -0.1) is 0 Å². The molecule has 1 N–H and O–H groups in total. The number of unbranched alkanes of at least 4 members (excludes halogenated alkanes) is 2.